The van der Waals surface area contributed by atoms with E-state index >= 15 is 0 Å². The summed E-state index contributed by atoms with van der Waals surface area (Å²) in [4.78, 5) is 25.2. The maximum Gasteiger partial charge on any atom is 0.323 e. The lowest BCUT2D eigenvalue weighted by Crippen LogP contribution is -2.35. The number of alkyl halides is 1. The lowest BCUT2D eigenvalue weighted by Gasteiger charge is -2.23. The first kappa shape index (κ1) is 27.3. The van der Waals surface area contributed by atoms with E-state index in [1.165, 1.54) is 0 Å². The minimum Gasteiger partial charge on any atom is -0.462 e. The fraction of sp³-hybridized carbons (Fsp3) is 0.478. The number of nitrogens with zero attached hydrogens (tertiary/aromatic N) is 4. The molecule has 3 heterocycles. The molecule has 0 spiro atoms. The SMILES string of the molecule is CNc1nc(N)nc2c1ncn2C1OC(COP(NC(C)C(=O)OC(C)C)Oc2ccccc2)CC1Cl. The Labute approximate surface area is 221 Å². The molecule has 0 bridgehead atoms. The molecule has 0 aliphatic carbocycles. The van der Waals surface area contributed by atoms with Gasteiger partial charge >= 0.3 is 14.5 Å². The summed E-state index contributed by atoms with van der Waals surface area (Å²) in [5.41, 5.74) is 6.95. The van der Waals surface area contributed by atoms with Gasteiger partial charge in [-0.1, -0.05) is 18.2 Å². The van der Waals surface area contributed by atoms with E-state index in [0.29, 0.717) is 29.2 Å². The van der Waals surface area contributed by atoms with E-state index in [0.717, 1.165) is 0 Å². The number of nitrogens with two attached hydrogens (primary N) is 1. The van der Waals surface area contributed by atoms with Gasteiger partial charge in [0, 0.05) is 7.05 Å². The fourth-order valence-corrected chi connectivity index (χ4v) is 5.31. The van der Waals surface area contributed by atoms with Gasteiger partial charge in [0.25, 0.3) is 0 Å². The van der Waals surface area contributed by atoms with Crippen LogP contribution in [0.3, 0.4) is 0 Å². The number of nitrogens with one attached hydrogen (secondary N) is 2. The number of carbonyl (C=O) groups excluding carboxylic acids is 1. The molecule has 1 aliphatic heterocycles. The molecular formula is C23H31ClN7O5P. The van der Waals surface area contributed by atoms with Crippen LogP contribution in [0, 0.1) is 0 Å². The van der Waals surface area contributed by atoms with Crippen molar-refractivity contribution in [3.05, 3.63) is 36.7 Å². The number of para-hydroxylation sites is 1. The van der Waals surface area contributed by atoms with Crippen LogP contribution in [-0.2, 0) is 18.8 Å². The summed E-state index contributed by atoms with van der Waals surface area (Å²) < 4.78 is 25.3. The number of esters is 1. The van der Waals surface area contributed by atoms with Gasteiger partial charge in [-0.2, -0.15) is 9.97 Å². The zero-order chi connectivity index (χ0) is 26.5. The quantitative estimate of drug-likeness (QED) is 0.182. The predicted molar refractivity (Wildman–Crippen MR) is 141 cm³/mol. The monoisotopic (exact) mass is 551 g/mol. The molecule has 12 nitrogen and oxygen atoms in total. The molecule has 0 amide bonds. The molecule has 1 saturated heterocycles. The highest BCUT2D eigenvalue weighted by Gasteiger charge is 2.37. The van der Waals surface area contributed by atoms with Crippen LogP contribution in [0.25, 0.3) is 11.2 Å². The molecular weight excluding hydrogens is 521 g/mol. The molecule has 1 aromatic carbocycles. The minimum absolute atomic E-state index is 0.113. The summed E-state index contributed by atoms with van der Waals surface area (Å²) in [5.74, 6) is 0.844. The molecule has 0 saturated carbocycles. The zero-order valence-electron chi connectivity index (χ0n) is 21.0. The molecule has 2 aromatic heterocycles. The Bertz CT molecular complexity index is 1200. The summed E-state index contributed by atoms with van der Waals surface area (Å²) in [6.45, 7) is 5.48. The second kappa shape index (κ2) is 12.2. The highest BCUT2D eigenvalue weighted by Crippen LogP contribution is 2.40. The Kier molecular flexibility index (Phi) is 8.99. The number of anilines is 2. The number of rotatable bonds is 11. The predicted octanol–water partition coefficient (Wildman–Crippen LogP) is 3.60. The summed E-state index contributed by atoms with van der Waals surface area (Å²) in [7, 11) is 0.0322. The third-order valence-corrected chi connectivity index (χ3v) is 7.14. The van der Waals surface area contributed by atoms with Crippen molar-refractivity contribution in [1.29, 1.82) is 0 Å². The second-order valence-corrected chi connectivity index (χ2v) is 10.5. The van der Waals surface area contributed by atoms with Gasteiger partial charge < -0.3 is 29.6 Å². The molecule has 1 fully saturated rings. The number of hydrogen-bond donors (Lipinski definition) is 3. The highest BCUT2D eigenvalue weighted by atomic mass is 35.5. The Hall–Kier alpha value is -2.76. The van der Waals surface area contributed by atoms with Gasteiger partial charge in [0.15, 0.2) is 23.2 Å². The van der Waals surface area contributed by atoms with Gasteiger partial charge in [0.05, 0.1) is 30.5 Å². The van der Waals surface area contributed by atoms with E-state index in [1.807, 2.05) is 30.3 Å². The molecule has 0 radical (unpaired) electrons. The van der Waals surface area contributed by atoms with Crippen LogP contribution in [0.4, 0.5) is 11.8 Å². The number of ether oxygens (including phenoxy) is 2. The van der Waals surface area contributed by atoms with E-state index in [9.17, 15) is 4.79 Å². The number of nitrogen functional groups attached to an aromatic ring is 1. The molecule has 5 unspecified atom stereocenters. The van der Waals surface area contributed by atoms with Crippen molar-refractivity contribution >= 4 is 49.0 Å². The van der Waals surface area contributed by atoms with Crippen LogP contribution < -0.4 is 20.7 Å². The molecule has 3 aromatic rings. The number of carbonyl (C=O) groups is 1. The molecule has 37 heavy (non-hydrogen) atoms. The van der Waals surface area contributed by atoms with Gasteiger partial charge in [0.2, 0.25) is 5.95 Å². The minimum atomic E-state index is -1.70. The smallest absolute Gasteiger partial charge is 0.323 e. The van der Waals surface area contributed by atoms with E-state index in [4.69, 9.17) is 35.9 Å². The lowest BCUT2D eigenvalue weighted by atomic mass is 10.2. The van der Waals surface area contributed by atoms with E-state index in [1.54, 1.807) is 38.7 Å². The van der Waals surface area contributed by atoms with Crippen molar-refractivity contribution in [2.45, 2.75) is 57.0 Å². The van der Waals surface area contributed by atoms with Gasteiger partial charge in [-0.25, -0.2) is 10.1 Å². The van der Waals surface area contributed by atoms with Crippen molar-refractivity contribution < 1.29 is 23.3 Å². The Morgan fingerprint density at radius 2 is 2.05 bits per heavy atom. The summed E-state index contributed by atoms with van der Waals surface area (Å²) in [5, 5.41) is 5.69. The van der Waals surface area contributed by atoms with Crippen LogP contribution in [-0.4, -0.2) is 62.8 Å². The first-order chi connectivity index (χ1) is 17.7. The fourth-order valence-electron chi connectivity index (χ4n) is 3.71. The van der Waals surface area contributed by atoms with Crippen molar-refractivity contribution in [3.8, 4) is 5.75 Å². The van der Waals surface area contributed by atoms with Crippen LogP contribution in [0.5, 0.6) is 5.75 Å². The number of aromatic nitrogens is 4. The number of halogens is 1. The third-order valence-electron chi connectivity index (χ3n) is 5.39. The Morgan fingerprint density at radius 3 is 2.76 bits per heavy atom. The molecule has 4 N–H and O–H groups in total. The normalized spacial score (nSPS) is 21.2. The van der Waals surface area contributed by atoms with Crippen LogP contribution >= 0.6 is 20.1 Å². The van der Waals surface area contributed by atoms with Gasteiger partial charge in [-0.05, 0) is 39.3 Å². The van der Waals surface area contributed by atoms with E-state index < -0.39 is 26.8 Å². The average Bonchev–Trinajstić information content (AvgIpc) is 3.44. The number of fused-ring (bicyclic) bond motifs is 1. The Morgan fingerprint density at radius 1 is 1.30 bits per heavy atom. The topological polar surface area (TPSA) is 148 Å². The van der Waals surface area contributed by atoms with Gasteiger partial charge in [0.1, 0.15) is 11.8 Å². The molecule has 4 rings (SSSR count). The molecule has 1 aliphatic rings. The van der Waals surface area contributed by atoms with Crippen molar-refractivity contribution in [1.82, 2.24) is 24.6 Å². The third kappa shape index (κ3) is 6.77. The standard InChI is InChI=1S/C23H31ClN7O5P/c1-13(2)34-22(32)14(3)30-37(36-15-8-6-5-7-9-15)33-11-16-10-17(24)21(35-16)31-12-27-18-19(26-4)28-23(25)29-20(18)31/h5-9,12-14,16-17,21,30H,10-11H2,1-4H3,(H3,25,26,28,29). The molecule has 5 atom stereocenters. The van der Waals surface area contributed by atoms with Gasteiger partial charge in [-0.15, -0.1) is 11.6 Å². The van der Waals surface area contributed by atoms with Gasteiger partial charge in [-0.3, -0.25) is 9.36 Å². The summed E-state index contributed by atoms with van der Waals surface area (Å²) >= 11 is 6.68. The first-order valence-electron chi connectivity index (χ1n) is 11.8. The lowest BCUT2D eigenvalue weighted by molar-refractivity contribution is -0.149. The average molecular weight is 552 g/mol. The maximum atomic E-state index is 12.3. The van der Waals surface area contributed by atoms with Crippen molar-refractivity contribution in [2.24, 2.45) is 0 Å². The molecule has 200 valence electrons. The maximum absolute atomic E-state index is 12.3. The first-order valence-corrected chi connectivity index (χ1v) is 13.5. The van der Waals surface area contributed by atoms with Crippen molar-refractivity contribution in [2.75, 3.05) is 24.7 Å². The second-order valence-electron chi connectivity index (χ2n) is 8.70. The number of benzene rings is 1. The Balaban J connectivity index is 1.43. The molecule has 14 heteroatoms. The summed E-state index contributed by atoms with van der Waals surface area (Å²) in [6, 6.07) is 8.58. The highest BCUT2D eigenvalue weighted by molar-refractivity contribution is 7.45. The van der Waals surface area contributed by atoms with Crippen molar-refractivity contribution in [3.63, 3.8) is 0 Å². The number of hydrogen-bond acceptors (Lipinski definition) is 11. The zero-order valence-corrected chi connectivity index (χ0v) is 22.6. The van der Waals surface area contributed by atoms with Crippen LogP contribution in [0.2, 0.25) is 0 Å². The van der Waals surface area contributed by atoms with E-state index in [2.05, 4.69) is 25.4 Å². The largest absolute Gasteiger partial charge is 0.462 e. The van der Waals surface area contributed by atoms with Crippen LogP contribution in [0.1, 0.15) is 33.4 Å². The summed E-state index contributed by atoms with van der Waals surface area (Å²) in [6.07, 6.45) is 1.03. The van der Waals surface area contributed by atoms with E-state index in [-0.39, 0.29) is 30.1 Å². The van der Waals surface area contributed by atoms with Crippen LogP contribution in [0.15, 0.2) is 36.7 Å². The number of imidazole rings is 1.